The van der Waals surface area contributed by atoms with E-state index in [1.165, 1.54) is 0 Å². The molecule has 2 nitrogen and oxygen atoms in total. The molecule has 1 rings (SSSR count). The number of hydrogen-bond acceptors (Lipinski definition) is 2. The quantitative estimate of drug-likeness (QED) is 0.149. The van der Waals surface area contributed by atoms with Gasteiger partial charge in [0.1, 0.15) is 5.75 Å². The van der Waals surface area contributed by atoms with Crippen LogP contribution in [0.3, 0.4) is 0 Å². The fourth-order valence-electron chi connectivity index (χ4n) is 2.49. The highest BCUT2D eigenvalue weighted by Crippen LogP contribution is 2.38. The second-order valence-electron chi connectivity index (χ2n) is 6.58. The number of rotatable bonds is 14. The van der Waals surface area contributed by atoms with Gasteiger partial charge in [0, 0.05) is 32.3 Å². The molecular weight excluding hydrogens is 514 g/mol. The molecule has 0 aliphatic heterocycles. The van der Waals surface area contributed by atoms with Crippen molar-refractivity contribution in [2.45, 2.75) is 63.5 Å². The number of benzene rings is 1. The van der Waals surface area contributed by atoms with Crippen LogP contribution >= 0.6 is 22.6 Å². The molecule has 0 saturated heterocycles. The zero-order valence-electron chi connectivity index (χ0n) is 15.6. The lowest BCUT2D eigenvalue weighted by Crippen LogP contribution is -2.36. The van der Waals surface area contributed by atoms with Crippen molar-refractivity contribution < 1.29 is 30.9 Å². The van der Waals surface area contributed by atoms with E-state index in [9.17, 15) is 26.2 Å². The summed E-state index contributed by atoms with van der Waals surface area (Å²) in [5.41, 5.74) is 0. The van der Waals surface area contributed by atoms with Gasteiger partial charge in [0.2, 0.25) is 0 Å². The Morgan fingerprint density at radius 2 is 1.36 bits per heavy atom. The lowest BCUT2D eigenvalue weighted by Gasteiger charge is -2.19. The summed E-state index contributed by atoms with van der Waals surface area (Å²) >= 11 is 2.23. The van der Waals surface area contributed by atoms with Gasteiger partial charge in [0.05, 0.1) is 6.61 Å². The van der Waals surface area contributed by atoms with Crippen LogP contribution in [0.2, 0.25) is 0 Å². The molecule has 0 aliphatic carbocycles. The molecular formula is C19H26F5IO2S. The van der Waals surface area contributed by atoms with E-state index in [4.69, 9.17) is 4.74 Å². The molecule has 0 aliphatic rings. The fraction of sp³-hybridized carbons (Fsp3) is 0.684. The van der Waals surface area contributed by atoms with E-state index in [1.54, 1.807) is 0 Å². The third-order valence-electron chi connectivity index (χ3n) is 4.13. The minimum atomic E-state index is -5.53. The first-order chi connectivity index (χ1) is 13.1. The summed E-state index contributed by atoms with van der Waals surface area (Å²) < 4.78 is 80.0. The van der Waals surface area contributed by atoms with Crippen LogP contribution in [0.4, 0.5) is 22.0 Å². The van der Waals surface area contributed by atoms with Crippen molar-refractivity contribution >= 4 is 33.4 Å². The van der Waals surface area contributed by atoms with Gasteiger partial charge in [-0.25, -0.2) is 0 Å². The molecule has 0 fully saturated rings. The number of unbranched alkanes of at least 4 members (excludes halogenated alkanes) is 5. The SMILES string of the molecule is O=S(CCCCCCCCOc1ccc(I)cc1)CCCC(F)(F)C(F)(F)F. The van der Waals surface area contributed by atoms with Crippen LogP contribution in [0.1, 0.15) is 51.4 Å². The zero-order valence-corrected chi connectivity index (χ0v) is 18.6. The van der Waals surface area contributed by atoms with Crippen LogP contribution in [0.5, 0.6) is 5.75 Å². The van der Waals surface area contributed by atoms with Crippen LogP contribution in [0, 0.1) is 3.57 Å². The van der Waals surface area contributed by atoms with E-state index >= 15 is 0 Å². The van der Waals surface area contributed by atoms with Crippen molar-refractivity contribution in [2.75, 3.05) is 18.1 Å². The monoisotopic (exact) mass is 540 g/mol. The Bertz CT molecular complexity index is 579. The van der Waals surface area contributed by atoms with Crippen molar-refractivity contribution in [3.8, 4) is 5.75 Å². The highest BCUT2D eigenvalue weighted by atomic mass is 127. The van der Waals surface area contributed by atoms with Crippen LogP contribution < -0.4 is 4.74 Å². The maximum Gasteiger partial charge on any atom is 0.453 e. The first kappa shape index (κ1) is 25.6. The summed E-state index contributed by atoms with van der Waals surface area (Å²) in [7, 11) is -1.34. The molecule has 0 radical (unpaired) electrons. The molecule has 0 spiro atoms. The fourth-order valence-corrected chi connectivity index (χ4v) is 4.05. The Labute approximate surface area is 179 Å². The highest BCUT2D eigenvalue weighted by Gasteiger charge is 2.56. The van der Waals surface area contributed by atoms with E-state index in [-0.39, 0.29) is 12.2 Å². The number of ether oxygens (including phenoxy) is 1. The molecule has 0 N–H and O–H groups in total. The van der Waals surface area contributed by atoms with Gasteiger partial charge in [-0.15, -0.1) is 0 Å². The number of hydrogen-bond donors (Lipinski definition) is 0. The smallest absolute Gasteiger partial charge is 0.453 e. The minimum absolute atomic E-state index is 0.110. The third-order valence-corrected chi connectivity index (χ3v) is 6.33. The lowest BCUT2D eigenvalue weighted by atomic mass is 10.1. The normalized spacial score (nSPS) is 13.5. The minimum Gasteiger partial charge on any atom is -0.494 e. The van der Waals surface area contributed by atoms with E-state index in [0.717, 1.165) is 41.4 Å². The maximum absolute atomic E-state index is 12.7. The summed E-state index contributed by atoms with van der Waals surface area (Å²) in [5, 5.41) is 0. The summed E-state index contributed by atoms with van der Waals surface area (Å²) in [5.74, 6) is -3.59. The predicted molar refractivity (Wildman–Crippen MR) is 110 cm³/mol. The van der Waals surface area contributed by atoms with Gasteiger partial charge < -0.3 is 4.74 Å². The Kier molecular flexibility index (Phi) is 11.9. The van der Waals surface area contributed by atoms with Crippen LogP contribution in [0.25, 0.3) is 0 Å². The molecule has 9 heteroatoms. The average Bonchev–Trinajstić information content (AvgIpc) is 2.60. The highest BCUT2D eigenvalue weighted by molar-refractivity contribution is 14.1. The molecule has 1 atom stereocenters. The van der Waals surface area contributed by atoms with Crippen molar-refractivity contribution in [1.82, 2.24) is 0 Å². The Morgan fingerprint density at radius 1 is 0.821 bits per heavy atom. The van der Waals surface area contributed by atoms with Gasteiger partial charge in [0.15, 0.2) is 0 Å². The standard InChI is InChI=1S/C19H26F5IO2S/c20-18(21,19(22,23)24)12-7-15-28(26)14-6-4-2-1-3-5-13-27-17-10-8-16(25)9-11-17/h8-11H,1-7,12-15H2. The molecule has 1 aromatic rings. The van der Waals surface area contributed by atoms with E-state index < -0.39 is 29.3 Å². The van der Waals surface area contributed by atoms with Crippen LogP contribution in [0.15, 0.2) is 24.3 Å². The molecule has 1 aromatic carbocycles. The molecule has 162 valence electrons. The Morgan fingerprint density at radius 3 is 1.96 bits per heavy atom. The average molecular weight is 540 g/mol. The third kappa shape index (κ3) is 10.9. The molecule has 0 aromatic heterocycles. The van der Waals surface area contributed by atoms with E-state index in [2.05, 4.69) is 22.6 Å². The van der Waals surface area contributed by atoms with Crippen molar-refractivity contribution in [2.24, 2.45) is 0 Å². The van der Waals surface area contributed by atoms with Gasteiger partial charge in [-0.3, -0.25) is 4.21 Å². The van der Waals surface area contributed by atoms with Crippen LogP contribution in [-0.2, 0) is 10.8 Å². The van der Waals surface area contributed by atoms with Crippen molar-refractivity contribution in [3.63, 3.8) is 0 Å². The molecule has 0 saturated carbocycles. The first-order valence-electron chi connectivity index (χ1n) is 9.30. The second kappa shape index (κ2) is 13.0. The maximum atomic E-state index is 12.7. The molecule has 0 heterocycles. The van der Waals surface area contributed by atoms with Gasteiger partial charge in [-0.1, -0.05) is 25.7 Å². The summed E-state index contributed by atoms with van der Waals surface area (Å²) in [6.07, 6.45) is -1.66. The Balaban J connectivity index is 1.95. The number of halogens is 6. The second-order valence-corrected chi connectivity index (χ2v) is 9.52. The van der Waals surface area contributed by atoms with E-state index in [0.29, 0.717) is 18.8 Å². The van der Waals surface area contributed by atoms with Gasteiger partial charge in [0.25, 0.3) is 0 Å². The summed E-state index contributed by atoms with van der Waals surface area (Å²) in [6.45, 7) is 0.660. The summed E-state index contributed by atoms with van der Waals surface area (Å²) in [6, 6.07) is 7.85. The van der Waals surface area contributed by atoms with Crippen molar-refractivity contribution in [3.05, 3.63) is 27.8 Å². The van der Waals surface area contributed by atoms with Crippen LogP contribution in [-0.4, -0.2) is 34.4 Å². The largest absolute Gasteiger partial charge is 0.494 e. The topological polar surface area (TPSA) is 26.3 Å². The van der Waals surface area contributed by atoms with Gasteiger partial charge in [-0.2, -0.15) is 22.0 Å². The lowest BCUT2D eigenvalue weighted by molar-refractivity contribution is -0.284. The molecule has 0 amide bonds. The van der Waals surface area contributed by atoms with Gasteiger partial charge in [-0.05, 0) is 66.1 Å². The van der Waals surface area contributed by atoms with Crippen molar-refractivity contribution in [1.29, 1.82) is 0 Å². The molecule has 1 unspecified atom stereocenters. The summed E-state index contributed by atoms with van der Waals surface area (Å²) in [4.78, 5) is 0. The molecule has 28 heavy (non-hydrogen) atoms. The van der Waals surface area contributed by atoms with E-state index in [1.807, 2.05) is 24.3 Å². The van der Waals surface area contributed by atoms with Gasteiger partial charge >= 0.3 is 12.1 Å². The first-order valence-corrected chi connectivity index (χ1v) is 11.9. The predicted octanol–water partition coefficient (Wildman–Crippen LogP) is 6.74. The molecule has 0 bridgehead atoms. The number of alkyl halides is 5. The zero-order chi connectivity index (χ0) is 21.0. The Hall–Kier alpha value is -0.450.